The molecule has 4 aromatic rings. The van der Waals surface area contributed by atoms with E-state index < -0.39 is 0 Å². The van der Waals surface area contributed by atoms with Crippen LogP contribution in [-0.2, 0) is 0 Å². The van der Waals surface area contributed by atoms with Gasteiger partial charge in [0.25, 0.3) is 0 Å². The first-order valence-electron chi connectivity index (χ1n) is 9.00. The second-order valence-electron chi connectivity index (χ2n) is 6.64. The van der Waals surface area contributed by atoms with E-state index in [9.17, 15) is 4.79 Å². The smallest absolute Gasteiger partial charge is 0.335 e. The topological polar surface area (TPSA) is 100.0 Å². The zero-order valence-corrected chi connectivity index (χ0v) is 16.2. The average Bonchev–Trinajstić information content (AvgIpc) is 2.96. The van der Waals surface area contributed by atoms with Gasteiger partial charge in [0.05, 0.1) is 11.7 Å². The van der Waals surface area contributed by atoms with Crippen LogP contribution in [0.3, 0.4) is 0 Å². The summed E-state index contributed by atoms with van der Waals surface area (Å²) in [5.74, 6) is 1.70. The van der Waals surface area contributed by atoms with Crippen LogP contribution in [0.5, 0.6) is 11.5 Å². The summed E-state index contributed by atoms with van der Waals surface area (Å²) in [5.41, 5.74) is 7.69. The van der Waals surface area contributed by atoms with E-state index in [1.165, 1.54) is 6.33 Å². The SMILES string of the molecule is Cl.Nc1ncnc2c1n(-c1ccc(Oc3ccccc3)cc1)c(=O)n2C1CNC1. The van der Waals surface area contributed by atoms with Crippen molar-refractivity contribution < 1.29 is 4.74 Å². The maximum atomic E-state index is 13.2. The van der Waals surface area contributed by atoms with E-state index in [4.69, 9.17) is 10.5 Å². The Morgan fingerprint density at radius 2 is 1.69 bits per heavy atom. The Morgan fingerprint density at radius 1 is 1.00 bits per heavy atom. The van der Waals surface area contributed by atoms with E-state index in [2.05, 4.69) is 15.3 Å². The molecule has 1 saturated heterocycles. The molecule has 2 aromatic carbocycles. The lowest BCUT2D eigenvalue weighted by Crippen LogP contribution is -2.47. The van der Waals surface area contributed by atoms with Crippen LogP contribution < -0.4 is 21.5 Å². The number of fused-ring (bicyclic) bond motifs is 1. The van der Waals surface area contributed by atoms with Crippen LogP contribution in [0.25, 0.3) is 16.9 Å². The Labute approximate surface area is 172 Å². The lowest BCUT2D eigenvalue weighted by Gasteiger charge is -2.27. The number of nitrogen functional groups attached to an aromatic ring is 1. The van der Waals surface area contributed by atoms with Gasteiger partial charge in [0.1, 0.15) is 23.3 Å². The number of imidazole rings is 1. The first kappa shape index (κ1) is 19.0. The lowest BCUT2D eigenvalue weighted by molar-refractivity contribution is 0.341. The molecular formula is C20H19ClN6O2. The van der Waals surface area contributed by atoms with Gasteiger partial charge in [-0.2, -0.15) is 0 Å². The highest BCUT2D eigenvalue weighted by atomic mass is 35.5. The van der Waals surface area contributed by atoms with E-state index in [0.717, 1.165) is 18.8 Å². The van der Waals surface area contributed by atoms with Gasteiger partial charge in [0.15, 0.2) is 11.5 Å². The average molecular weight is 411 g/mol. The Balaban J connectivity index is 0.00000205. The number of nitrogens with one attached hydrogen (secondary N) is 1. The maximum absolute atomic E-state index is 13.2. The number of ether oxygens (including phenoxy) is 1. The Morgan fingerprint density at radius 3 is 2.34 bits per heavy atom. The standard InChI is InChI=1S/C20H18N6O2.ClH/c21-18-17-19(24-12-23-18)26(14-10-22-11-14)20(27)25(17)13-6-8-16(9-7-13)28-15-4-2-1-3-5-15;/h1-9,12,14,22H,10-11H2,(H2,21,23,24);1H. The molecule has 3 N–H and O–H groups in total. The second-order valence-corrected chi connectivity index (χ2v) is 6.64. The third kappa shape index (κ3) is 3.22. The largest absolute Gasteiger partial charge is 0.457 e. The minimum Gasteiger partial charge on any atom is -0.457 e. The molecule has 0 unspecified atom stereocenters. The van der Waals surface area contributed by atoms with Crippen LogP contribution in [-0.4, -0.2) is 32.2 Å². The molecule has 5 rings (SSSR count). The summed E-state index contributed by atoms with van der Waals surface area (Å²) in [6, 6.07) is 16.9. The van der Waals surface area contributed by atoms with E-state index in [1.54, 1.807) is 9.13 Å². The van der Waals surface area contributed by atoms with Crippen LogP contribution in [0.2, 0.25) is 0 Å². The molecule has 0 saturated carbocycles. The molecule has 2 aromatic heterocycles. The summed E-state index contributed by atoms with van der Waals surface area (Å²) in [6.45, 7) is 1.46. The molecule has 9 heteroatoms. The zero-order valence-electron chi connectivity index (χ0n) is 15.4. The van der Waals surface area contributed by atoms with E-state index in [-0.39, 0.29) is 30.0 Å². The van der Waals surface area contributed by atoms with Gasteiger partial charge in [-0.15, -0.1) is 12.4 Å². The van der Waals surface area contributed by atoms with Crippen molar-refractivity contribution in [3.05, 3.63) is 71.4 Å². The number of anilines is 1. The number of para-hydroxylation sites is 1. The van der Waals surface area contributed by atoms with Gasteiger partial charge in [-0.1, -0.05) is 18.2 Å². The highest BCUT2D eigenvalue weighted by Crippen LogP contribution is 2.26. The quantitative estimate of drug-likeness (QED) is 0.536. The van der Waals surface area contributed by atoms with E-state index >= 15 is 0 Å². The Kier molecular flexibility index (Phi) is 4.96. The van der Waals surface area contributed by atoms with Crippen LogP contribution in [0.4, 0.5) is 5.82 Å². The van der Waals surface area contributed by atoms with E-state index in [0.29, 0.717) is 22.6 Å². The molecular weight excluding hydrogens is 392 g/mol. The van der Waals surface area contributed by atoms with Crippen LogP contribution in [0.1, 0.15) is 6.04 Å². The van der Waals surface area contributed by atoms with Crippen LogP contribution in [0, 0.1) is 0 Å². The van der Waals surface area contributed by atoms with Crippen molar-refractivity contribution in [3.8, 4) is 17.2 Å². The van der Waals surface area contributed by atoms with Crippen molar-refractivity contribution in [1.82, 2.24) is 24.4 Å². The summed E-state index contributed by atoms with van der Waals surface area (Å²) in [4.78, 5) is 21.6. The van der Waals surface area contributed by atoms with Gasteiger partial charge in [-0.25, -0.2) is 14.8 Å². The Hall–Kier alpha value is -3.36. The number of rotatable bonds is 4. The third-order valence-electron chi connectivity index (χ3n) is 4.88. The molecule has 148 valence electrons. The Bertz CT molecular complexity index is 1200. The van der Waals surface area contributed by atoms with Crippen molar-refractivity contribution in [2.45, 2.75) is 6.04 Å². The molecule has 8 nitrogen and oxygen atoms in total. The number of hydrogen-bond acceptors (Lipinski definition) is 6. The monoisotopic (exact) mass is 410 g/mol. The van der Waals surface area contributed by atoms with Gasteiger partial charge in [0.2, 0.25) is 0 Å². The number of aromatic nitrogens is 4. The summed E-state index contributed by atoms with van der Waals surface area (Å²) in [7, 11) is 0. The van der Waals surface area contributed by atoms with Crippen LogP contribution >= 0.6 is 12.4 Å². The van der Waals surface area contributed by atoms with Crippen molar-refractivity contribution in [1.29, 1.82) is 0 Å². The van der Waals surface area contributed by atoms with Crippen molar-refractivity contribution in [2.24, 2.45) is 0 Å². The molecule has 0 amide bonds. The molecule has 29 heavy (non-hydrogen) atoms. The molecule has 0 atom stereocenters. The minimum atomic E-state index is -0.176. The van der Waals surface area contributed by atoms with Gasteiger partial charge in [-0.3, -0.25) is 9.13 Å². The highest BCUT2D eigenvalue weighted by molar-refractivity contribution is 5.85. The van der Waals surface area contributed by atoms with Gasteiger partial charge in [0, 0.05) is 13.1 Å². The second kappa shape index (κ2) is 7.57. The number of benzene rings is 2. The fourth-order valence-corrected chi connectivity index (χ4v) is 3.38. The normalized spacial score (nSPS) is 13.7. The molecule has 0 spiro atoms. The fourth-order valence-electron chi connectivity index (χ4n) is 3.38. The minimum absolute atomic E-state index is 0. The first-order valence-corrected chi connectivity index (χ1v) is 9.00. The molecule has 1 aliphatic heterocycles. The lowest BCUT2D eigenvalue weighted by atomic mass is 10.2. The molecule has 0 aliphatic carbocycles. The molecule has 1 fully saturated rings. The van der Waals surface area contributed by atoms with E-state index in [1.807, 2.05) is 54.6 Å². The van der Waals surface area contributed by atoms with Gasteiger partial charge in [-0.05, 0) is 36.4 Å². The van der Waals surface area contributed by atoms with Gasteiger partial charge >= 0.3 is 5.69 Å². The van der Waals surface area contributed by atoms with Gasteiger partial charge < -0.3 is 15.8 Å². The number of nitrogens with zero attached hydrogens (tertiary/aromatic N) is 4. The molecule has 0 bridgehead atoms. The summed E-state index contributed by atoms with van der Waals surface area (Å²) >= 11 is 0. The van der Waals surface area contributed by atoms with Crippen molar-refractivity contribution in [3.63, 3.8) is 0 Å². The predicted molar refractivity (Wildman–Crippen MR) is 113 cm³/mol. The third-order valence-corrected chi connectivity index (χ3v) is 4.88. The number of halogens is 1. The molecule has 0 radical (unpaired) electrons. The summed E-state index contributed by atoms with van der Waals surface area (Å²) in [5, 5.41) is 3.19. The highest BCUT2D eigenvalue weighted by Gasteiger charge is 2.27. The first-order chi connectivity index (χ1) is 13.7. The predicted octanol–water partition coefficient (Wildman–Crippen LogP) is 2.52. The number of nitrogens with two attached hydrogens (primary N) is 1. The maximum Gasteiger partial charge on any atom is 0.335 e. The van der Waals surface area contributed by atoms with Crippen molar-refractivity contribution >= 4 is 29.4 Å². The summed E-state index contributed by atoms with van der Waals surface area (Å²) in [6.07, 6.45) is 1.39. The van der Waals surface area contributed by atoms with Crippen LogP contribution in [0.15, 0.2) is 65.7 Å². The fraction of sp³-hybridized carbons (Fsp3) is 0.150. The number of hydrogen-bond donors (Lipinski definition) is 2. The summed E-state index contributed by atoms with van der Waals surface area (Å²) < 4.78 is 9.09. The zero-order chi connectivity index (χ0) is 19.1. The molecule has 1 aliphatic rings. The molecule has 3 heterocycles. The van der Waals surface area contributed by atoms with Crippen molar-refractivity contribution in [2.75, 3.05) is 18.8 Å².